The molecule has 0 saturated heterocycles. The van der Waals surface area contributed by atoms with Crippen LogP contribution >= 0.6 is 0 Å². The summed E-state index contributed by atoms with van der Waals surface area (Å²) in [5, 5.41) is 37.2. The number of carbonyl (C=O) groups is 4. The summed E-state index contributed by atoms with van der Waals surface area (Å²) in [6, 6.07) is 16.2. The van der Waals surface area contributed by atoms with Gasteiger partial charge in [-0.3, -0.25) is 19.2 Å². The number of sulfonamides is 4. The van der Waals surface area contributed by atoms with Gasteiger partial charge >= 0.3 is 43.4 Å². The Kier molecular flexibility index (Phi) is 19.6. The molecule has 0 radical (unpaired) electrons. The minimum atomic E-state index is -4.26. The van der Waals surface area contributed by atoms with Gasteiger partial charge in [0, 0.05) is 95.7 Å². The molecule has 0 saturated carbocycles. The van der Waals surface area contributed by atoms with E-state index in [9.17, 15) is 52.8 Å². The van der Waals surface area contributed by atoms with Gasteiger partial charge in [0.15, 0.2) is 23.3 Å². The van der Waals surface area contributed by atoms with Crippen LogP contribution in [0.5, 0.6) is 0 Å². The topological polar surface area (TPSA) is 443 Å². The quantitative estimate of drug-likeness (QED) is 0.0228. The number of aromatic nitrogens is 8. The summed E-state index contributed by atoms with van der Waals surface area (Å²) in [6.07, 6.45) is 1.03. The van der Waals surface area contributed by atoms with Gasteiger partial charge in [-0.1, -0.05) is 0 Å². The first-order chi connectivity index (χ1) is 39.9. The van der Waals surface area contributed by atoms with Gasteiger partial charge in [-0.25, -0.2) is 82.5 Å². The molecule has 2 aliphatic rings. The van der Waals surface area contributed by atoms with Crippen LogP contribution < -0.4 is 18.9 Å². The molecule has 5 heterocycles. The van der Waals surface area contributed by atoms with Crippen molar-refractivity contribution in [2.45, 2.75) is 96.6 Å². The number of H-pyrrole nitrogens is 2. The zero-order valence-corrected chi connectivity index (χ0v) is 51.2. The van der Waals surface area contributed by atoms with E-state index in [1.165, 1.54) is 72.8 Å². The normalized spacial score (nSPS) is 12.4. The number of rotatable bonds is 28. The van der Waals surface area contributed by atoms with Gasteiger partial charge in [-0.05, 0) is 124 Å². The minimum absolute atomic E-state index is 0. The summed E-state index contributed by atoms with van der Waals surface area (Å²) in [5.74, 6) is -4.54. The van der Waals surface area contributed by atoms with Gasteiger partial charge in [-0.15, -0.1) is 0 Å². The molecule has 0 fully saturated rings. The maximum atomic E-state index is 13.8. The molecule has 0 spiro atoms. The molecule has 0 amide bonds. The summed E-state index contributed by atoms with van der Waals surface area (Å²) in [4.78, 5) is 78.9. The fraction of sp³-hybridized carbons (Fsp3) is 0.308. The van der Waals surface area contributed by atoms with Crippen molar-refractivity contribution >= 4 is 108 Å². The second-order valence-electron chi connectivity index (χ2n) is 19.4. The number of nitrogens with one attached hydrogen (secondary N) is 6. The fourth-order valence-electron chi connectivity index (χ4n) is 9.14. The number of fused-ring (bicyclic) bond motifs is 20. The monoisotopic (exact) mass is 1290 g/mol. The molecule has 3 aromatic heterocycles. The largest absolute Gasteiger partial charge is 2.00 e. The van der Waals surface area contributed by atoms with E-state index in [2.05, 4.69) is 28.9 Å². The molecule has 7 aromatic rings. The second kappa shape index (κ2) is 26.3. The summed E-state index contributed by atoms with van der Waals surface area (Å²) < 4.78 is 120. The van der Waals surface area contributed by atoms with Crippen LogP contribution in [-0.4, -0.2) is 144 Å². The first-order valence-electron chi connectivity index (χ1n) is 26.1. The molecular formula is C52H54N12O16S4Zn+2. The number of benzene rings is 4. The van der Waals surface area contributed by atoms with E-state index >= 15 is 0 Å². The third kappa shape index (κ3) is 14.9. The number of carboxylic acids is 4. The van der Waals surface area contributed by atoms with Crippen molar-refractivity contribution < 1.29 is 92.8 Å². The molecule has 4 aromatic carbocycles. The maximum Gasteiger partial charge on any atom is 2.00 e. The van der Waals surface area contributed by atoms with Crippen molar-refractivity contribution in [1.29, 1.82) is 0 Å². The van der Waals surface area contributed by atoms with Gasteiger partial charge in [0.2, 0.25) is 40.1 Å². The van der Waals surface area contributed by atoms with E-state index < -0.39 is 64.0 Å². The molecule has 9 rings (SSSR count). The molecule has 442 valence electrons. The van der Waals surface area contributed by atoms with Gasteiger partial charge in [-0.2, -0.15) is 0 Å². The minimum Gasteiger partial charge on any atom is -0.481 e. The Labute approximate surface area is 497 Å². The molecule has 8 bridgehead atoms. The molecule has 28 nitrogen and oxygen atoms in total. The Balaban J connectivity index is 0.00000940. The second-order valence-corrected chi connectivity index (χ2v) is 26.5. The Morgan fingerprint density at radius 1 is 0.341 bits per heavy atom. The number of aliphatic carboxylic acids is 4. The molecule has 0 atom stereocenters. The van der Waals surface area contributed by atoms with Gasteiger partial charge < -0.3 is 30.4 Å². The summed E-state index contributed by atoms with van der Waals surface area (Å²) in [6.45, 7) is -0.336. The maximum absolute atomic E-state index is 13.8. The molecule has 10 N–H and O–H groups in total. The predicted octanol–water partition coefficient (Wildman–Crippen LogP) is 5.00. The predicted molar refractivity (Wildman–Crippen MR) is 303 cm³/mol. The summed E-state index contributed by atoms with van der Waals surface area (Å²) >= 11 is 0. The van der Waals surface area contributed by atoms with Crippen LogP contribution in [0.3, 0.4) is 0 Å². The van der Waals surface area contributed by atoms with Crippen LogP contribution in [-0.2, 0) is 78.7 Å². The number of nitrogens with zero attached hydrogens (tertiary/aromatic N) is 6. The van der Waals surface area contributed by atoms with Crippen molar-refractivity contribution in [1.82, 2.24) is 58.8 Å². The zero-order valence-electron chi connectivity index (χ0n) is 45.0. The Morgan fingerprint density at radius 3 is 0.965 bits per heavy atom. The Hall–Kier alpha value is -7.62. The van der Waals surface area contributed by atoms with Crippen LogP contribution in [0.1, 0.15) is 77.0 Å². The SMILES string of the molecule is O=C(O)CCCCNS(=O)(=O)c1ccc2c(c1)-c1nc3nc(nc4[nH]c(nc5[nH]c(nc-2n1)c1cc(S(=O)(=O)NCCCCC(=O)O)ccc51)c1cc(S(=O)(=O)NCCCCC(=O)O)ccc41)-c1cc(S(=O)(=O)NCCCCC(=O)O)ccc1-3.[Zn+2]. The van der Waals surface area contributed by atoms with E-state index in [-0.39, 0.29) is 232 Å². The third-order valence-electron chi connectivity index (χ3n) is 13.4. The first kappa shape index (κ1) is 63.4. The van der Waals surface area contributed by atoms with Crippen LogP contribution in [0, 0.1) is 0 Å². The molecule has 0 unspecified atom stereocenters. The fourth-order valence-corrected chi connectivity index (χ4v) is 13.5. The standard InChI is InChI=1S/C52H54N12O16S4.Zn/c65-41(66)9-1-5-21-53-81(73,74)29-13-17-33-37(25-29)49-57-45(33)62-50-39-27-31(83(77,78)55-23-7-3-11-43(69)70)15-19-35(39)47(59-50)64-52-40-28-32(84(79,80)56-24-8-4-12-44(71)72)16-20-36(40)48(60-52)63-51-38-26-30(14-18-34(38)46(58-51)61-49)82(75,76)54-22-6-2-10-42(67)68;/h13-20,25-28,53-56H,1-12,21-24H2,(H,65,66)(H,67,68)(H,69,70)(H,71,72)(H2,57,58,59,60,61,62,63,64);/q;+2. The molecular weight excluding hydrogens is 1240 g/mol. The average molecular weight is 1300 g/mol. The van der Waals surface area contributed by atoms with E-state index in [4.69, 9.17) is 50.3 Å². The molecule has 85 heavy (non-hydrogen) atoms. The number of carboxylic acid groups (broad SMARTS) is 4. The number of unbranched alkanes of at least 4 members (excludes halogenated alkanes) is 4. The van der Waals surface area contributed by atoms with Crippen LogP contribution in [0.2, 0.25) is 0 Å². The molecule has 33 heteroatoms. The van der Waals surface area contributed by atoms with Gasteiger partial charge in [0.05, 0.1) is 19.6 Å². The third-order valence-corrected chi connectivity index (χ3v) is 19.2. The Morgan fingerprint density at radius 2 is 0.612 bits per heavy atom. The van der Waals surface area contributed by atoms with Gasteiger partial charge in [0.1, 0.15) is 22.6 Å². The van der Waals surface area contributed by atoms with Crippen molar-refractivity contribution in [2.75, 3.05) is 26.2 Å². The van der Waals surface area contributed by atoms with Gasteiger partial charge in [0.25, 0.3) is 0 Å². The van der Waals surface area contributed by atoms with E-state index in [0.717, 1.165) is 0 Å². The number of aromatic amines is 2. The number of hydrogen-bond acceptors (Lipinski definition) is 18. The smallest absolute Gasteiger partial charge is 0.481 e. The van der Waals surface area contributed by atoms with Crippen LogP contribution in [0.4, 0.5) is 0 Å². The summed E-state index contributed by atoms with van der Waals surface area (Å²) in [7, 11) is -17.0. The molecule has 2 aliphatic heterocycles. The van der Waals surface area contributed by atoms with Crippen molar-refractivity contribution in [3.8, 4) is 45.6 Å². The van der Waals surface area contributed by atoms with Crippen molar-refractivity contribution in [2.24, 2.45) is 0 Å². The van der Waals surface area contributed by atoms with E-state index in [1.807, 2.05) is 0 Å². The number of hydrogen-bond donors (Lipinski definition) is 10. The van der Waals surface area contributed by atoms with E-state index in [1.54, 1.807) is 0 Å². The van der Waals surface area contributed by atoms with Crippen molar-refractivity contribution in [3.63, 3.8) is 0 Å². The summed E-state index contributed by atoms with van der Waals surface area (Å²) in [5.41, 5.74) is 0.799. The average Bonchev–Trinajstić information content (AvgIpc) is 4.19. The first-order valence-corrected chi connectivity index (χ1v) is 32.1. The van der Waals surface area contributed by atoms with Crippen LogP contribution in [0.15, 0.2) is 92.4 Å². The van der Waals surface area contributed by atoms with E-state index in [0.29, 0.717) is 0 Å². The molecule has 0 aliphatic carbocycles. The van der Waals surface area contributed by atoms with Crippen molar-refractivity contribution in [3.05, 3.63) is 72.8 Å². The van der Waals surface area contributed by atoms with Crippen LogP contribution in [0.25, 0.3) is 89.7 Å². The zero-order chi connectivity index (χ0) is 60.1. The Bertz CT molecular complexity index is 4470.